The summed E-state index contributed by atoms with van der Waals surface area (Å²) in [4.78, 5) is 9.42. The summed E-state index contributed by atoms with van der Waals surface area (Å²) in [6.45, 7) is 10.9. The maximum Gasteiger partial charge on any atom is 1.00 e. The monoisotopic (exact) mass is 975 g/mol. The normalized spacial score (nSPS) is 14.6. The van der Waals surface area contributed by atoms with E-state index in [0.717, 1.165) is 73.6 Å². The number of aryl methyl sites for hydroxylation is 2. The number of alkyl halides is 1. The molecule has 0 bridgehead atoms. The van der Waals surface area contributed by atoms with Gasteiger partial charge in [0.05, 0.1) is 19.7 Å². The number of nitrogens with zero attached hydrogens (tertiary/aromatic N) is 6. The van der Waals surface area contributed by atoms with E-state index in [1.54, 1.807) is 12.1 Å². The zero-order chi connectivity index (χ0) is 48.8. The van der Waals surface area contributed by atoms with Crippen molar-refractivity contribution in [1.29, 1.82) is 0 Å². The molecule has 6 aromatic rings. The van der Waals surface area contributed by atoms with Gasteiger partial charge in [0.2, 0.25) is 0 Å². The van der Waals surface area contributed by atoms with Gasteiger partial charge in [0.25, 0.3) is 0 Å². The van der Waals surface area contributed by atoms with E-state index in [0.29, 0.717) is 18.8 Å². The molecule has 0 unspecified atom stereocenters. The van der Waals surface area contributed by atoms with Gasteiger partial charge < -0.3 is 20.4 Å². The summed E-state index contributed by atoms with van der Waals surface area (Å²) in [7, 11) is 8.20. The van der Waals surface area contributed by atoms with Gasteiger partial charge in [-0.2, -0.15) is 0 Å². The van der Waals surface area contributed by atoms with E-state index in [1.807, 2.05) is 20.2 Å². The Balaban J connectivity index is 0.000000250. The zero-order valence-electron chi connectivity index (χ0n) is 44.2. The molecule has 2 aromatic heterocycles. The van der Waals surface area contributed by atoms with Crippen LogP contribution in [0.15, 0.2) is 109 Å². The zero-order valence-corrected chi connectivity index (χ0v) is 45.9. The molecule has 2 fully saturated rings. The van der Waals surface area contributed by atoms with E-state index in [-0.39, 0.29) is 31.0 Å². The van der Waals surface area contributed by atoms with Gasteiger partial charge in [-0.15, -0.1) is 24.4 Å². The topological polar surface area (TPSA) is 52.3 Å². The van der Waals surface area contributed by atoms with Gasteiger partial charge in [-0.25, -0.2) is 0 Å². The van der Waals surface area contributed by atoms with E-state index in [1.165, 1.54) is 117 Å². The molecule has 10 heteroatoms. The molecule has 8 nitrogen and oxygen atoms in total. The largest absolute Gasteiger partial charge is 1.00 e. The number of unbranched alkanes of at least 4 members (excludes halogenated alkanes) is 2. The smallest absolute Gasteiger partial charge is 1.00 e. The third-order valence-electron chi connectivity index (χ3n) is 14.0. The number of phenols is 1. The fraction of sp³-hybridized carbons (Fsp3) is 0.467. The predicted molar refractivity (Wildman–Crippen MR) is 292 cm³/mol. The van der Waals surface area contributed by atoms with Crippen molar-refractivity contribution in [2.45, 2.75) is 90.4 Å². The summed E-state index contributed by atoms with van der Waals surface area (Å²) in [6, 6.07) is 37.8. The first-order chi connectivity index (χ1) is 33.6. The number of fused-ring (bicyclic) bond motifs is 2. The summed E-state index contributed by atoms with van der Waals surface area (Å²) < 4.78 is 10.5. The van der Waals surface area contributed by atoms with E-state index < -0.39 is 0 Å². The summed E-state index contributed by atoms with van der Waals surface area (Å²) in [5.74, 6) is 9.25. The first-order valence-electron chi connectivity index (χ1n) is 25.4. The van der Waals surface area contributed by atoms with Gasteiger partial charge in [-0.05, 0) is 157 Å². The third kappa shape index (κ3) is 18.4. The molecule has 2 aliphatic rings. The van der Waals surface area contributed by atoms with Crippen molar-refractivity contribution in [3.8, 4) is 36.2 Å². The third-order valence-corrected chi connectivity index (χ3v) is 14.3. The van der Waals surface area contributed by atoms with Crippen LogP contribution in [0.25, 0.3) is 21.8 Å². The summed E-state index contributed by atoms with van der Waals surface area (Å²) in [5, 5.41) is 11.7. The van der Waals surface area contributed by atoms with Crippen molar-refractivity contribution in [3.05, 3.63) is 132 Å². The second-order valence-corrected chi connectivity index (χ2v) is 19.9. The van der Waals surface area contributed by atoms with Crippen molar-refractivity contribution < 1.29 is 40.8 Å². The number of aromatic hydroxyl groups is 1. The number of benzene rings is 4. The summed E-state index contributed by atoms with van der Waals surface area (Å²) in [5.41, 5.74) is 7.67. The van der Waals surface area contributed by atoms with E-state index in [2.05, 4.69) is 146 Å². The molecule has 8 rings (SSSR count). The first-order valence-corrected chi connectivity index (χ1v) is 26.0. The van der Waals surface area contributed by atoms with Crippen LogP contribution in [0, 0.1) is 36.5 Å². The molecular formula is C60H80ClN6NaO2. The maximum atomic E-state index is 9.45. The molecule has 0 saturated carbocycles. The van der Waals surface area contributed by atoms with Gasteiger partial charge in [-0.1, -0.05) is 91.8 Å². The Bertz CT molecular complexity index is 2500. The maximum absolute atomic E-state index is 9.45. The number of aromatic nitrogens is 2. The first kappa shape index (κ1) is 56.7. The van der Waals surface area contributed by atoms with E-state index >= 15 is 0 Å². The van der Waals surface area contributed by atoms with Crippen LogP contribution in [0.2, 0.25) is 0 Å². The predicted octanol–water partition coefficient (Wildman–Crippen LogP) is 9.08. The van der Waals surface area contributed by atoms with Crippen LogP contribution >= 0.6 is 11.6 Å². The van der Waals surface area contributed by atoms with Gasteiger partial charge in [-0.3, -0.25) is 19.6 Å². The van der Waals surface area contributed by atoms with Crippen LogP contribution in [0.5, 0.6) is 11.5 Å². The molecule has 2 saturated heterocycles. The Morgan fingerprint density at radius 1 is 0.629 bits per heavy atom. The van der Waals surface area contributed by atoms with Crippen molar-refractivity contribution in [3.63, 3.8) is 0 Å². The Kier molecular flexibility index (Phi) is 24.8. The van der Waals surface area contributed by atoms with Crippen LogP contribution in [0.3, 0.4) is 0 Å². The molecular weight excluding hydrogens is 895 g/mol. The number of piperidine rings is 2. The number of likely N-dealkylation sites (tertiary alicyclic amines) is 2. The number of hydrogen-bond acceptors (Lipinski definition) is 6. The molecule has 0 amide bonds. The number of hydrogen-bond donors (Lipinski definition) is 1. The van der Waals surface area contributed by atoms with Crippen molar-refractivity contribution in [2.75, 3.05) is 65.9 Å². The molecule has 0 atom stereocenters. The number of rotatable bonds is 20. The number of phenolic OH excluding ortho intramolecular Hbond substituents is 1. The molecule has 0 radical (unpaired) electrons. The molecule has 2 aliphatic heterocycles. The van der Waals surface area contributed by atoms with Crippen LogP contribution in [0.1, 0.15) is 88.1 Å². The summed E-state index contributed by atoms with van der Waals surface area (Å²) >= 11 is 5.72. The molecule has 0 spiro atoms. The number of halogens is 1. The van der Waals surface area contributed by atoms with Crippen LogP contribution in [-0.2, 0) is 40.3 Å². The molecule has 70 heavy (non-hydrogen) atoms. The summed E-state index contributed by atoms with van der Waals surface area (Å²) in [6.07, 6.45) is 23.7. The van der Waals surface area contributed by atoms with Gasteiger partial charge in [0.15, 0.2) is 0 Å². The minimum Gasteiger partial charge on any atom is -1.00 e. The second kappa shape index (κ2) is 30.6. The minimum absolute atomic E-state index is 0. The average Bonchev–Trinajstić information content (AvgIpc) is 3.83. The fourth-order valence-electron chi connectivity index (χ4n) is 9.95. The van der Waals surface area contributed by atoms with Crippen LogP contribution < -0.4 is 34.3 Å². The Labute approximate surface area is 450 Å². The van der Waals surface area contributed by atoms with Crippen molar-refractivity contribution in [2.24, 2.45) is 25.9 Å². The Morgan fingerprint density at radius 3 is 1.56 bits per heavy atom. The van der Waals surface area contributed by atoms with Crippen LogP contribution in [-0.4, -0.2) is 99.7 Å². The Hall–Kier alpha value is -4.19. The van der Waals surface area contributed by atoms with Crippen molar-refractivity contribution >= 4 is 33.4 Å². The standard InChI is InChI=1S/C30H39N3O.C16H24ClN.C14H16N2O.Na.H/c1-4-17-31(2)24-28-21-27-22-29(13-14-30(27)32(28)3)34-20-9-8-10-25-15-18-33(19-16-25)23-26-11-6-5-7-12-26;17-11-5-4-6-15-9-12-18(13-10-15)14-16-7-2-1-3-8-16;1-4-7-15(2)10-12-8-11-9-13(17)5-6-14(11)16(12)3;;/h1,5-7,11-14,21-22,25H,8-10,15-20,23-24H2,2-3H3;1-3,7-8,15H,4-6,9-14H2;1,5-6,8-9,17H,7,10H2,2-3H3;;/q;;;+1;-1. The molecule has 4 heterocycles. The second-order valence-electron chi connectivity index (χ2n) is 19.5. The van der Waals surface area contributed by atoms with Gasteiger partial charge in [0, 0.05) is 79.3 Å². The molecule has 0 aliphatic carbocycles. The molecule has 370 valence electrons. The quantitative estimate of drug-likeness (QED) is 0.0357. The van der Waals surface area contributed by atoms with Crippen molar-refractivity contribution in [1.82, 2.24) is 28.7 Å². The molecule has 1 N–H and O–H groups in total. The fourth-order valence-corrected chi connectivity index (χ4v) is 10.1. The van der Waals surface area contributed by atoms with Gasteiger partial charge >= 0.3 is 29.6 Å². The number of ether oxygens (including phenoxy) is 1. The van der Waals surface area contributed by atoms with Crippen LogP contribution in [0.4, 0.5) is 0 Å². The minimum atomic E-state index is 0. The van der Waals surface area contributed by atoms with E-state index in [4.69, 9.17) is 29.2 Å². The average molecular weight is 976 g/mol. The SMILES string of the molecule is C#CCN(C)Cc1cc2cc(O)ccc2n1C.C#CCN(C)Cc1cc2cc(OCCCCC3CCN(Cc4ccccc4)CC3)ccc2n1C.ClCCCCC1CCN(Cc2ccccc2)CC1.[H-].[Na+]. The number of terminal acetylenes is 2. The van der Waals surface area contributed by atoms with Gasteiger partial charge in [0.1, 0.15) is 11.5 Å². The molecule has 4 aromatic carbocycles. The van der Waals surface area contributed by atoms with E-state index in [9.17, 15) is 5.11 Å². The Morgan fingerprint density at radius 2 is 1.09 bits per heavy atom.